The molecule has 0 aliphatic carbocycles. The molecule has 0 bridgehead atoms. The number of hydrazone groups is 1. The van der Waals surface area contributed by atoms with Crippen LogP contribution < -0.4 is 0 Å². The molecule has 0 aromatic heterocycles. The summed E-state index contributed by atoms with van der Waals surface area (Å²) in [6.07, 6.45) is 4.54. The molecular weight excluding hydrogens is 232 g/mol. The van der Waals surface area contributed by atoms with Crippen LogP contribution in [0.15, 0.2) is 5.10 Å². The molecule has 0 aromatic carbocycles. The molecule has 3 aliphatic rings. The zero-order valence-corrected chi connectivity index (χ0v) is 10.6. The summed E-state index contributed by atoms with van der Waals surface area (Å²) in [5, 5.41) is 6.27. The van der Waals surface area contributed by atoms with Gasteiger partial charge >= 0.3 is 0 Å². The van der Waals surface area contributed by atoms with Crippen molar-refractivity contribution in [2.75, 3.05) is 26.4 Å². The van der Waals surface area contributed by atoms with E-state index >= 15 is 0 Å². The highest BCUT2D eigenvalue weighted by molar-refractivity contribution is 6.06. The molecule has 0 radical (unpaired) electrons. The molecule has 0 spiro atoms. The first-order chi connectivity index (χ1) is 8.84. The zero-order chi connectivity index (χ0) is 12.4. The van der Waals surface area contributed by atoms with Crippen molar-refractivity contribution in [1.29, 1.82) is 0 Å². The highest BCUT2D eigenvalue weighted by atomic mass is 16.5. The van der Waals surface area contributed by atoms with E-state index in [0.717, 1.165) is 51.2 Å². The van der Waals surface area contributed by atoms with Crippen molar-refractivity contribution >= 4 is 11.6 Å². The zero-order valence-electron chi connectivity index (χ0n) is 10.6. The Balaban J connectivity index is 1.67. The van der Waals surface area contributed by atoms with Crippen molar-refractivity contribution in [1.82, 2.24) is 5.01 Å². The van der Waals surface area contributed by atoms with Crippen LogP contribution in [0.2, 0.25) is 0 Å². The average Bonchev–Trinajstić information content (AvgIpc) is 2.83. The summed E-state index contributed by atoms with van der Waals surface area (Å²) in [5.41, 5.74) is 1.06. The van der Waals surface area contributed by atoms with Crippen molar-refractivity contribution in [3.8, 4) is 0 Å². The van der Waals surface area contributed by atoms with Gasteiger partial charge in [-0.25, -0.2) is 5.01 Å². The van der Waals surface area contributed by atoms with Gasteiger partial charge in [-0.1, -0.05) is 0 Å². The molecule has 3 aliphatic heterocycles. The van der Waals surface area contributed by atoms with Crippen LogP contribution in [0.1, 0.15) is 32.1 Å². The molecule has 5 heteroatoms. The van der Waals surface area contributed by atoms with Crippen molar-refractivity contribution in [2.24, 2.45) is 11.0 Å². The smallest absolute Gasteiger partial charge is 0.248 e. The Labute approximate surface area is 107 Å². The third-order valence-electron chi connectivity index (χ3n) is 4.00. The fourth-order valence-corrected chi connectivity index (χ4v) is 2.92. The fourth-order valence-electron chi connectivity index (χ4n) is 2.92. The predicted octanol–water partition coefficient (Wildman–Crippen LogP) is 1.18. The van der Waals surface area contributed by atoms with Gasteiger partial charge in [-0.15, -0.1) is 0 Å². The number of carbonyl (C=O) groups excluding carboxylic acids is 1. The molecule has 0 aromatic rings. The van der Waals surface area contributed by atoms with E-state index in [2.05, 4.69) is 5.10 Å². The van der Waals surface area contributed by atoms with Crippen LogP contribution in [-0.2, 0) is 14.3 Å². The minimum absolute atomic E-state index is 0.145. The minimum atomic E-state index is 0.145. The Bertz CT molecular complexity index is 344. The third-order valence-corrected chi connectivity index (χ3v) is 4.00. The second-order valence-corrected chi connectivity index (χ2v) is 5.26. The standard InChI is InChI=1S/C13H20N2O3/c16-13-8-12(10-3-6-17-7-4-10)14-15(13)11-2-1-5-18-9-11/h10-11H,1-9H2. The van der Waals surface area contributed by atoms with Gasteiger partial charge in [0.05, 0.1) is 24.8 Å². The van der Waals surface area contributed by atoms with Gasteiger partial charge in [0.2, 0.25) is 5.91 Å². The van der Waals surface area contributed by atoms with Crippen LogP contribution in [0, 0.1) is 5.92 Å². The summed E-state index contributed by atoms with van der Waals surface area (Å²) in [6, 6.07) is 0.156. The Morgan fingerprint density at radius 3 is 2.67 bits per heavy atom. The highest BCUT2D eigenvalue weighted by Gasteiger charge is 2.34. The first-order valence-electron chi connectivity index (χ1n) is 6.89. The number of nitrogens with zero attached hydrogens (tertiary/aromatic N) is 2. The first kappa shape index (κ1) is 12.1. The SMILES string of the molecule is O=C1CC(C2CCOCC2)=NN1C1CCCOC1. The minimum Gasteiger partial charge on any atom is -0.381 e. The summed E-state index contributed by atoms with van der Waals surface area (Å²) in [5.74, 6) is 0.587. The summed E-state index contributed by atoms with van der Waals surface area (Å²) < 4.78 is 10.8. The highest BCUT2D eigenvalue weighted by Crippen LogP contribution is 2.26. The van der Waals surface area contributed by atoms with Gasteiger partial charge in [-0.3, -0.25) is 4.79 Å². The summed E-state index contributed by atoms with van der Waals surface area (Å²) >= 11 is 0. The van der Waals surface area contributed by atoms with Gasteiger partial charge in [-0.05, 0) is 25.7 Å². The maximum atomic E-state index is 12.1. The number of rotatable bonds is 2. The van der Waals surface area contributed by atoms with E-state index < -0.39 is 0 Å². The molecule has 3 rings (SSSR count). The molecule has 2 fully saturated rings. The Kier molecular flexibility index (Phi) is 3.61. The van der Waals surface area contributed by atoms with E-state index in [1.54, 1.807) is 5.01 Å². The third kappa shape index (κ3) is 2.42. The van der Waals surface area contributed by atoms with Crippen LogP contribution >= 0.6 is 0 Å². The fraction of sp³-hybridized carbons (Fsp3) is 0.846. The normalized spacial score (nSPS) is 30.7. The molecule has 5 nitrogen and oxygen atoms in total. The maximum Gasteiger partial charge on any atom is 0.248 e. The number of hydrogen-bond donors (Lipinski definition) is 0. The lowest BCUT2D eigenvalue weighted by Gasteiger charge is -2.28. The average molecular weight is 252 g/mol. The topological polar surface area (TPSA) is 51.1 Å². The van der Waals surface area contributed by atoms with E-state index in [1.165, 1.54) is 0 Å². The van der Waals surface area contributed by atoms with E-state index in [-0.39, 0.29) is 11.9 Å². The number of carbonyl (C=O) groups is 1. The molecule has 2 saturated heterocycles. The van der Waals surface area contributed by atoms with Crippen molar-refractivity contribution in [3.63, 3.8) is 0 Å². The molecule has 100 valence electrons. The van der Waals surface area contributed by atoms with E-state index in [9.17, 15) is 4.79 Å². The van der Waals surface area contributed by atoms with Gasteiger partial charge in [0.1, 0.15) is 0 Å². The van der Waals surface area contributed by atoms with Crippen LogP contribution in [0.5, 0.6) is 0 Å². The number of ether oxygens (including phenoxy) is 2. The second-order valence-electron chi connectivity index (χ2n) is 5.26. The first-order valence-corrected chi connectivity index (χ1v) is 6.89. The Morgan fingerprint density at radius 2 is 1.94 bits per heavy atom. The molecule has 18 heavy (non-hydrogen) atoms. The molecule has 1 atom stereocenters. The van der Waals surface area contributed by atoms with Crippen LogP contribution in [0.4, 0.5) is 0 Å². The predicted molar refractivity (Wildman–Crippen MR) is 66.3 cm³/mol. The molecular formula is C13H20N2O3. The van der Waals surface area contributed by atoms with Gasteiger partial charge in [0.25, 0.3) is 0 Å². The molecule has 1 unspecified atom stereocenters. The lowest BCUT2D eigenvalue weighted by molar-refractivity contribution is -0.133. The van der Waals surface area contributed by atoms with E-state index in [1.807, 2.05) is 0 Å². The number of amides is 1. The Hall–Kier alpha value is -0.940. The van der Waals surface area contributed by atoms with Crippen molar-refractivity contribution in [3.05, 3.63) is 0 Å². The van der Waals surface area contributed by atoms with E-state index in [0.29, 0.717) is 18.9 Å². The van der Waals surface area contributed by atoms with Gasteiger partial charge in [-0.2, -0.15) is 5.10 Å². The van der Waals surface area contributed by atoms with Gasteiger partial charge < -0.3 is 9.47 Å². The quantitative estimate of drug-likeness (QED) is 0.741. The van der Waals surface area contributed by atoms with Crippen LogP contribution in [0.3, 0.4) is 0 Å². The summed E-state index contributed by atoms with van der Waals surface area (Å²) in [7, 11) is 0. The lowest BCUT2D eigenvalue weighted by Crippen LogP contribution is -2.39. The molecule has 0 saturated carbocycles. The molecule has 1 amide bonds. The van der Waals surface area contributed by atoms with E-state index in [4.69, 9.17) is 9.47 Å². The second kappa shape index (κ2) is 5.36. The van der Waals surface area contributed by atoms with Crippen LogP contribution in [0.25, 0.3) is 0 Å². The van der Waals surface area contributed by atoms with Gasteiger partial charge in [0, 0.05) is 25.7 Å². The van der Waals surface area contributed by atoms with Crippen LogP contribution in [-0.4, -0.2) is 49.1 Å². The maximum absolute atomic E-state index is 12.1. The molecule has 0 N–H and O–H groups in total. The summed E-state index contributed by atoms with van der Waals surface area (Å²) in [6.45, 7) is 3.04. The largest absolute Gasteiger partial charge is 0.381 e. The van der Waals surface area contributed by atoms with Crippen molar-refractivity contribution in [2.45, 2.75) is 38.1 Å². The number of hydrogen-bond acceptors (Lipinski definition) is 4. The van der Waals surface area contributed by atoms with Crippen molar-refractivity contribution < 1.29 is 14.3 Å². The lowest BCUT2D eigenvalue weighted by atomic mass is 9.93. The summed E-state index contributed by atoms with van der Waals surface area (Å²) in [4.78, 5) is 12.1. The molecule has 3 heterocycles. The Morgan fingerprint density at radius 1 is 1.11 bits per heavy atom. The van der Waals surface area contributed by atoms with Gasteiger partial charge in [0.15, 0.2) is 0 Å². The monoisotopic (exact) mass is 252 g/mol.